The summed E-state index contributed by atoms with van der Waals surface area (Å²) < 4.78 is 6.13. The molecule has 2 amide bonds. The van der Waals surface area contributed by atoms with Gasteiger partial charge >= 0.3 is 0 Å². The Kier molecular flexibility index (Phi) is 5.21. The first kappa shape index (κ1) is 20.0. The van der Waals surface area contributed by atoms with Crippen LogP contribution >= 0.6 is 11.3 Å². The number of fused-ring (bicyclic) bond motifs is 1. The second kappa shape index (κ2) is 6.77. The van der Waals surface area contributed by atoms with Crippen LogP contribution in [0.3, 0.4) is 0 Å². The number of rotatable bonds is 5. The van der Waals surface area contributed by atoms with Gasteiger partial charge in [0.05, 0.1) is 16.8 Å². The topological polar surface area (TPSA) is 111 Å². The van der Waals surface area contributed by atoms with Crippen LogP contribution in [0.15, 0.2) is 17.1 Å². The molecule has 0 saturated carbocycles. The van der Waals surface area contributed by atoms with Gasteiger partial charge in [0.25, 0.3) is 11.8 Å². The molecule has 0 spiro atoms. The van der Waals surface area contributed by atoms with Crippen molar-refractivity contribution in [2.24, 2.45) is 10.7 Å². The Bertz CT molecular complexity index is 834. The van der Waals surface area contributed by atoms with Crippen molar-refractivity contribution in [2.45, 2.75) is 45.3 Å². The van der Waals surface area contributed by atoms with Crippen molar-refractivity contribution in [3.8, 4) is 0 Å². The molecule has 26 heavy (non-hydrogen) atoms. The summed E-state index contributed by atoms with van der Waals surface area (Å²) in [6.07, 6.45) is 0.946. The largest absolute Gasteiger partial charge is 0.365 e. The fraction of sp³-hybridized carbons (Fsp3) is 0.444. The van der Waals surface area contributed by atoms with E-state index in [1.165, 1.54) is 18.4 Å². The summed E-state index contributed by atoms with van der Waals surface area (Å²) in [6.45, 7) is 11.2. The van der Waals surface area contributed by atoms with Crippen molar-refractivity contribution in [3.63, 3.8) is 0 Å². The van der Waals surface area contributed by atoms with Crippen molar-refractivity contribution >= 4 is 40.2 Å². The molecule has 2 heterocycles. The molecule has 0 radical (unpaired) electrons. The Morgan fingerprint density at radius 1 is 1.35 bits per heavy atom. The maximum Gasteiger partial charge on any atom is 0.275 e. The first-order valence-corrected chi connectivity index (χ1v) is 8.84. The Hall–Kier alpha value is -2.32. The molecular formula is C18H23N3O4S. The van der Waals surface area contributed by atoms with Crippen molar-refractivity contribution in [1.29, 1.82) is 0 Å². The van der Waals surface area contributed by atoms with E-state index in [-0.39, 0.29) is 16.8 Å². The molecule has 1 aromatic heterocycles. The number of aldehydes is 1. The van der Waals surface area contributed by atoms with E-state index in [1.807, 2.05) is 27.7 Å². The molecule has 0 aliphatic carbocycles. The fourth-order valence-electron chi connectivity index (χ4n) is 3.28. The summed E-state index contributed by atoms with van der Waals surface area (Å²) in [5, 5.41) is 2.97. The number of nitrogens with zero attached hydrogens (tertiary/aromatic N) is 1. The maximum absolute atomic E-state index is 12.5. The summed E-state index contributed by atoms with van der Waals surface area (Å²) in [5.74, 6) is -1.25. The Morgan fingerprint density at radius 2 is 1.96 bits per heavy atom. The van der Waals surface area contributed by atoms with Gasteiger partial charge in [-0.05, 0) is 33.3 Å². The van der Waals surface area contributed by atoms with Crippen LogP contribution in [0.1, 0.15) is 48.5 Å². The van der Waals surface area contributed by atoms with E-state index in [0.717, 1.165) is 10.4 Å². The number of hydrogen-bond donors (Lipinski definition) is 2. The Morgan fingerprint density at radius 3 is 2.46 bits per heavy atom. The van der Waals surface area contributed by atoms with Crippen molar-refractivity contribution in [3.05, 3.63) is 28.2 Å². The summed E-state index contributed by atoms with van der Waals surface area (Å²) in [4.78, 5) is 40.1. The lowest BCUT2D eigenvalue weighted by Gasteiger charge is -2.41. The second-order valence-corrected chi connectivity index (χ2v) is 8.22. The highest BCUT2D eigenvalue weighted by atomic mass is 32.1. The number of amides is 2. The van der Waals surface area contributed by atoms with E-state index in [1.54, 1.807) is 0 Å². The summed E-state index contributed by atoms with van der Waals surface area (Å²) in [6, 6.07) is 0. The molecule has 1 aromatic rings. The number of carbonyl (C=O) groups is 3. The number of nitrogens with one attached hydrogen (secondary N) is 1. The van der Waals surface area contributed by atoms with Gasteiger partial charge in [0, 0.05) is 23.9 Å². The van der Waals surface area contributed by atoms with Crippen LogP contribution in [0.25, 0.3) is 0 Å². The molecule has 8 heteroatoms. The molecule has 0 atom stereocenters. The number of primary amides is 1. The lowest BCUT2D eigenvalue weighted by molar-refractivity contribution is -0.135. The van der Waals surface area contributed by atoms with E-state index in [9.17, 15) is 14.4 Å². The molecule has 0 bridgehead atoms. The number of nitrogens with two attached hydrogens (primary N) is 1. The van der Waals surface area contributed by atoms with Crippen LogP contribution in [0, 0.1) is 0 Å². The van der Waals surface area contributed by atoms with Gasteiger partial charge in [-0.25, -0.2) is 0 Å². The average molecular weight is 377 g/mol. The third kappa shape index (κ3) is 3.61. The maximum atomic E-state index is 12.5. The van der Waals surface area contributed by atoms with Gasteiger partial charge in [0.2, 0.25) is 0 Å². The molecule has 7 nitrogen and oxygen atoms in total. The predicted octanol–water partition coefficient (Wildman–Crippen LogP) is 2.20. The zero-order valence-corrected chi connectivity index (χ0v) is 16.4. The molecule has 0 aromatic carbocycles. The third-order valence-corrected chi connectivity index (χ3v) is 5.50. The highest BCUT2D eigenvalue weighted by molar-refractivity contribution is 7.17. The van der Waals surface area contributed by atoms with E-state index < -0.39 is 23.0 Å². The van der Waals surface area contributed by atoms with Crippen LogP contribution in [-0.4, -0.2) is 36.5 Å². The SMILES string of the molecule is C=C(C=O)C(=NC)C(=O)Nc1sc2c(c1C(N)=O)CC(C)(C)OC2(C)C. The van der Waals surface area contributed by atoms with Gasteiger partial charge < -0.3 is 15.8 Å². The summed E-state index contributed by atoms with van der Waals surface area (Å²) >= 11 is 1.24. The lowest BCUT2D eigenvalue weighted by atomic mass is 9.86. The lowest BCUT2D eigenvalue weighted by Crippen LogP contribution is -2.42. The minimum Gasteiger partial charge on any atom is -0.365 e. The highest BCUT2D eigenvalue weighted by Crippen LogP contribution is 2.48. The standard InChI is InChI=1S/C18H23N3O4S/c1-9(8-22)12(20-6)15(24)21-16-11(14(19)23)10-7-17(2,3)25-18(4,5)13(10)26-16/h8H,1,7H2,2-6H3,(H2,19,23)(H,21,24). The number of carbonyl (C=O) groups excluding carboxylic acids is 3. The number of anilines is 1. The molecular weight excluding hydrogens is 354 g/mol. The molecule has 1 aliphatic rings. The normalized spacial score (nSPS) is 18.0. The monoisotopic (exact) mass is 377 g/mol. The van der Waals surface area contributed by atoms with Crippen LogP contribution in [0.5, 0.6) is 0 Å². The quantitative estimate of drug-likeness (QED) is 0.465. The van der Waals surface area contributed by atoms with E-state index >= 15 is 0 Å². The van der Waals surface area contributed by atoms with E-state index in [0.29, 0.717) is 17.7 Å². The molecule has 0 unspecified atom stereocenters. The van der Waals surface area contributed by atoms with E-state index in [4.69, 9.17) is 10.5 Å². The molecule has 1 aliphatic heterocycles. The number of hydrogen-bond acceptors (Lipinski definition) is 6. The summed E-state index contributed by atoms with van der Waals surface area (Å²) in [5.41, 5.74) is 5.39. The molecule has 2 rings (SSSR count). The average Bonchev–Trinajstić information content (AvgIpc) is 2.84. The molecule has 140 valence electrons. The van der Waals surface area contributed by atoms with Gasteiger partial charge in [-0.3, -0.25) is 19.4 Å². The second-order valence-electron chi connectivity index (χ2n) is 7.20. The van der Waals surface area contributed by atoms with Crippen LogP contribution in [0.4, 0.5) is 5.00 Å². The minimum atomic E-state index is -0.636. The first-order valence-electron chi connectivity index (χ1n) is 8.02. The zero-order valence-electron chi connectivity index (χ0n) is 15.6. The predicted molar refractivity (Wildman–Crippen MR) is 102 cm³/mol. The summed E-state index contributed by atoms with van der Waals surface area (Å²) in [7, 11) is 1.39. The van der Waals surface area contributed by atoms with Crippen molar-refractivity contribution < 1.29 is 19.1 Å². The highest BCUT2D eigenvalue weighted by Gasteiger charge is 2.43. The molecule has 0 fully saturated rings. The van der Waals surface area contributed by atoms with Gasteiger partial charge in [-0.1, -0.05) is 6.58 Å². The van der Waals surface area contributed by atoms with Crippen LogP contribution < -0.4 is 11.1 Å². The van der Waals surface area contributed by atoms with Gasteiger partial charge in [0.15, 0.2) is 6.29 Å². The van der Waals surface area contributed by atoms with Crippen LogP contribution in [-0.2, 0) is 26.3 Å². The van der Waals surface area contributed by atoms with Gasteiger partial charge in [-0.15, -0.1) is 11.3 Å². The van der Waals surface area contributed by atoms with Crippen molar-refractivity contribution in [2.75, 3.05) is 12.4 Å². The van der Waals surface area contributed by atoms with E-state index in [2.05, 4.69) is 16.9 Å². The van der Waals surface area contributed by atoms with Crippen molar-refractivity contribution in [1.82, 2.24) is 0 Å². The fourth-order valence-corrected chi connectivity index (χ4v) is 4.54. The van der Waals surface area contributed by atoms with Gasteiger partial charge in [-0.2, -0.15) is 0 Å². The Balaban J connectivity index is 2.54. The van der Waals surface area contributed by atoms with Crippen LogP contribution in [0.2, 0.25) is 0 Å². The first-order chi connectivity index (χ1) is 11.9. The zero-order chi connectivity index (χ0) is 19.9. The smallest absolute Gasteiger partial charge is 0.275 e. The van der Waals surface area contributed by atoms with Gasteiger partial charge in [0.1, 0.15) is 10.7 Å². The number of ether oxygens (including phenoxy) is 1. The minimum absolute atomic E-state index is 0.0447. The number of thiophene rings is 1. The molecule has 3 N–H and O–H groups in total. The molecule has 0 saturated heterocycles. The Labute approximate surface area is 156 Å². The number of aliphatic imine (C=N–C) groups is 1. The third-order valence-electron chi connectivity index (χ3n) is 4.05.